The number of carboxylic acids is 1. The van der Waals surface area contributed by atoms with E-state index in [9.17, 15) is 9.59 Å². The fraction of sp³-hybridized carbons (Fsp3) is 0. The summed E-state index contributed by atoms with van der Waals surface area (Å²) < 4.78 is 0.425. The van der Waals surface area contributed by atoms with E-state index >= 15 is 0 Å². The summed E-state index contributed by atoms with van der Waals surface area (Å²) in [5, 5.41) is 12.7. The molecule has 1 rings (SSSR count). The molecule has 5 nitrogen and oxygen atoms in total. The standard InChI is InChI=1S/C6H5BrN2O3S/c7-2-1-13-4(9-6(8)12)3(2)5(10)11/h1H,(H,10,11)(H3,8,9,12). The highest BCUT2D eigenvalue weighted by Crippen LogP contribution is 2.31. The Kier molecular flexibility index (Phi) is 2.89. The number of halogens is 1. The summed E-state index contributed by atoms with van der Waals surface area (Å²) in [6.45, 7) is 0. The number of aromatic carboxylic acids is 1. The highest BCUT2D eigenvalue weighted by Gasteiger charge is 2.17. The maximum Gasteiger partial charge on any atom is 0.339 e. The first kappa shape index (κ1) is 10.0. The van der Waals surface area contributed by atoms with Crippen molar-refractivity contribution >= 4 is 44.3 Å². The molecule has 0 aromatic carbocycles. The lowest BCUT2D eigenvalue weighted by Crippen LogP contribution is -2.19. The topological polar surface area (TPSA) is 92.4 Å². The van der Waals surface area contributed by atoms with Gasteiger partial charge in [0.05, 0.1) is 0 Å². The number of carbonyl (C=O) groups excluding carboxylic acids is 1. The molecule has 1 aromatic rings. The summed E-state index contributed by atoms with van der Waals surface area (Å²) in [4.78, 5) is 21.1. The summed E-state index contributed by atoms with van der Waals surface area (Å²) >= 11 is 4.14. The lowest BCUT2D eigenvalue weighted by atomic mass is 10.3. The van der Waals surface area contributed by atoms with E-state index in [1.165, 1.54) is 0 Å². The van der Waals surface area contributed by atoms with E-state index < -0.39 is 12.0 Å². The van der Waals surface area contributed by atoms with Crippen molar-refractivity contribution in [3.8, 4) is 0 Å². The number of carboxylic acid groups (broad SMARTS) is 1. The van der Waals surface area contributed by atoms with Gasteiger partial charge in [-0.1, -0.05) is 0 Å². The van der Waals surface area contributed by atoms with Crippen LogP contribution in [-0.4, -0.2) is 17.1 Å². The third kappa shape index (κ3) is 2.19. The first-order chi connectivity index (χ1) is 6.02. The zero-order valence-corrected chi connectivity index (χ0v) is 8.61. The van der Waals surface area contributed by atoms with Gasteiger partial charge < -0.3 is 10.8 Å². The van der Waals surface area contributed by atoms with E-state index in [1.807, 2.05) is 0 Å². The molecular formula is C6H5BrN2O3S. The smallest absolute Gasteiger partial charge is 0.339 e. The van der Waals surface area contributed by atoms with Gasteiger partial charge in [-0.25, -0.2) is 9.59 Å². The molecule has 4 N–H and O–H groups in total. The number of anilines is 1. The number of primary amides is 1. The monoisotopic (exact) mass is 264 g/mol. The van der Waals surface area contributed by atoms with Crippen LogP contribution in [-0.2, 0) is 0 Å². The average Bonchev–Trinajstić information content (AvgIpc) is 2.30. The van der Waals surface area contributed by atoms with Crippen molar-refractivity contribution in [2.75, 3.05) is 5.32 Å². The summed E-state index contributed by atoms with van der Waals surface area (Å²) in [5.41, 5.74) is 4.87. The van der Waals surface area contributed by atoms with Gasteiger partial charge >= 0.3 is 12.0 Å². The van der Waals surface area contributed by atoms with Crippen LogP contribution in [0.4, 0.5) is 9.80 Å². The van der Waals surface area contributed by atoms with Crippen LogP contribution in [0, 0.1) is 0 Å². The van der Waals surface area contributed by atoms with Gasteiger partial charge in [0.1, 0.15) is 10.6 Å². The van der Waals surface area contributed by atoms with Crippen molar-refractivity contribution in [3.05, 3.63) is 15.4 Å². The van der Waals surface area contributed by atoms with Crippen molar-refractivity contribution in [1.82, 2.24) is 0 Å². The number of amides is 2. The SMILES string of the molecule is NC(=O)Nc1scc(Br)c1C(=O)O. The Morgan fingerprint density at radius 2 is 2.23 bits per heavy atom. The number of hydrogen-bond donors (Lipinski definition) is 3. The molecule has 0 saturated heterocycles. The lowest BCUT2D eigenvalue weighted by Gasteiger charge is -1.99. The van der Waals surface area contributed by atoms with Crippen LogP contribution < -0.4 is 11.1 Å². The van der Waals surface area contributed by atoms with Crippen molar-refractivity contribution in [3.63, 3.8) is 0 Å². The fourth-order valence-corrected chi connectivity index (χ4v) is 2.33. The van der Waals surface area contributed by atoms with Crippen LogP contribution >= 0.6 is 27.3 Å². The summed E-state index contributed by atoms with van der Waals surface area (Å²) in [7, 11) is 0. The number of nitrogens with one attached hydrogen (secondary N) is 1. The Hall–Kier alpha value is -1.08. The largest absolute Gasteiger partial charge is 0.478 e. The molecule has 0 aliphatic rings. The van der Waals surface area contributed by atoms with E-state index in [0.29, 0.717) is 4.47 Å². The second-order valence-corrected chi connectivity index (χ2v) is 3.82. The number of thiophene rings is 1. The first-order valence-electron chi connectivity index (χ1n) is 3.09. The zero-order chi connectivity index (χ0) is 10.0. The zero-order valence-electron chi connectivity index (χ0n) is 6.20. The van der Waals surface area contributed by atoms with Crippen LogP contribution in [0.15, 0.2) is 9.85 Å². The molecule has 0 bridgehead atoms. The Morgan fingerprint density at radius 1 is 1.62 bits per heavy atom. The Bertz CT molecular complexity index is 363. The summed E-state index contributed by atoms with van der Waals surface area (Å²) in [5.74, 6) is -1.11. The summed E-state index contributed by atoms with van der Waals surface area (Å²) in [6.07, 6.45) is 0. The molecule has 70 valence electrons. The molecular weight excluding hydrogens is 260 g/mol. The van der Waals surface area contributed by atoms with E-state index in [-0.39, 0.29) is 10.6 Å². The molecule has 0 atom stereocenters. The molecule has 13 heavy (non-hydrogen) atoms. The third-order valence-corrected chi connectivity index (χ3v) is 3.02. The van der Waals surface area contributed by atoms with Crippen molar-refractivity contribution < 1.29 is 14.7 Å². The van der Waals surface area contributed by atoms with E-state index in [0.717, 1.165) is 11.3 Å². The van der Waals surface area contributed by atoms with Crippen LogP contribution in [0.25, 0.3) is 0 Å². The van der Waals surface area contributed by atoms with Gasteiger partial charge in [-0.2, -0.15) is 0 Å². The van der Waals surface area contributed by atoms with Gasteiger partial charge in [0.15, 0.2) is 0 Å². The van der Waals surface area contributed by atoms with Crippen molar-refractivity contribution in [2.24, 2.45) is 5.73 Å². The van der Waals surface area contributed by atoms with E-state index in [2.05, 4.69) is 21.2 Å². The molecule has 0 aliphatic heterocycles. The molecule has 0 aliphatic carbocycles. The molecule has 1 aromatic heterocycles. The molecule has 0 saturated carbocycles. The van der Waals surface area contributed by atoms with Gasteiger partial charge in [0.2, 0.25) is 0 Å². The average molecular weight is 265 g/mol. The Balaban J connectivity index is 3.07. The number of nitrogens with two attached hydrogens (primary N) is 1. The van der Waals surface area contributed by atoms with Crippen molar-refractivity contribution in [2.45, 2.75) is 0 Å². The Morgan fingerprint density at radius 3 is 2.69 bits per heavy atom. The second-order valence-electron chi connectivity index (χ2n) is 2.08. The molecule has 0 radical (unpaired) electrons. The minimum atomic E-state index is -1.11. The van der Waals surface area contributed by atoms with Gasteiger partial charge in [-0.05, 0) is 15.9 Å². The van der Waals surface area contributed by atoms with Gasteiger partial charge in [0, 0.05) is 9.85 Å². The number of hydrogen-bond acceptors (Lipinski definition) is 3. The summed E-state index contributed by atoms with van der Waals surface area (Å²) in [6, 6.07) is -0.781. The van der Waals surface area contributed by atoms with Crippen LogP contribution in [0.3, 0.4) is 0 Å². The Labute approximate surface area is 85.7 Å². The van der Waals surface area contributed by atoms with Crippen molar-refractivity contribution in [1.29, 1.82) is 0 Å². The fourth-order valence-electron chi connectivity index (χ4n) is 0.740. The molecule has 2 amide bonds. The van der Waals surface area contributed by atoms with Gasteiger partial charge in [0.25, 0.3) is 0 Å². The third-order valence-electron chi connectivity index (χ3n) is 1.20. The predicted molar refractivity (Wildman–Crippen MR) is 52.2 cm³/mol. The molecule has 0 unspecified atom stereocenters. The molecule has 1 heterocycles. The van der Waals surface area contributed by atoms with E-state index in [1.54, 1.807) is 5.38 Å². The number of rotatable bonds is 2. The molecule has 0 spiro atoms. The maximum atomic E-state index is 10.7. The number of carbonyl (C=O) groups is 2. The van der Waals surface area contributed by atoms with Gasteiger partial charge in [-0.15, -0.1) is 11.3 Å². The highest BCUT2D eigenvalue weighted by molar-refractivity contribution is 9.10. The quantitative estimate of drug-likeness (QED) is 0.759. The second kappa shape index (κ2) is 3.75. The van der Waals surface area contributed by atoms with Gasteiger partial charge in [-0.3, -0.25) is 5.32 Å². The van der Waals surface area contributed by atoms with Crippen LogP contribution in [0.2, 0.25) is 0 Å². The van der Waals surface area contributed by atoms with Crippen LogP contribution in [0.1, 0.15) is 10.4 Å². The predicted octanol–water partition coefficient (Wildman–Crippen LogP) is 1.70. The molecule has 7 heteroatoms. The van der Waals surface area contributed by atoms with Crippen LogP contribution in [0.5, 0.6) is 0 Å². The minimum absolute atomic E-state index is 0.0174. The normalized spacial score (nSPS) is 9.62. The van der Waals surface area contributed by atoms with E-state index in [4.69, 9.17) is 10.8 Å². The highest BCUT2D eigenvalue weighted by atomic mass is 79.9. The first-order valence-corrected chi connectivity index (χ1v) is 4.76. The number of urea groups is 1. The lowest BCUT2D eigenvalue weighted by molar-refractivity contribution is 0.0697. The maximum absolute atomic E-state index is 10.7. The molecule has 0 fully saturated rings. The minimum Gasteiger partial charge on any atom is -0.478 e.